The number of benzene rings is 1. The molecule has 0 fully saturated rings. The molecule has 0 atom stereocenters. The molecule has 0 aromatic heterocycles. The van der Waals surface area contributed by atoms with E-state index in [9.17, 15) is 14.4 Å². The second-order valence-corrected chi connectivity index (χ2v) is 4.98. The van der Waals surface area contributed by atoms with Crippen LogP contribution < -0.4 is 9.47 Å². The fourth-order valence-electron chi connectivity index (χ4n) is 2.58. The molecular weight excluding hydrogens is 312 g/mol. The normalized spacial score (nSPS) is 13.5. The van der Waals surface area contributed by atoms with Gasteiger partial charge in [0.2, 0.25) is 5.78 Å². The number of ether oxygens (including phenoxy) is 3. The van der Waals surface area contributed by atoms with Crippen LogP contribution in [0.2, 0.25) is 0 Å². The minimum Gasteiger partial charge on any atom is -0.497 e. The minimum atomic E-state index is -0.819. The van der Waals surface area contributed by atoms with Crippen LogP contribution in [0.15, 0.2) is 35.9 Å². The summed E-state index contributed by atoms with van der Waals surface area (Å²) in [5.74, 6) is -1.29. The average molecular weight is 330 g/mol. The Kier molecular flexibility index (Phi) is 5.18. The zero-order valence-corrected chi connectivity index (χ0v) is 13.8. The quantitative estimate of drug-likeness (QED) is 0.453. The highest BCUT2D eigenvalue weighted by atomic mass is 16.5. The van der Waals surface area contributed by atoms with Gasteiger partial charge in [-0.1, -0.05) is 6.08 Å². The first kappa shape index (κ1) is 17.5. The van der Waals surface area contributed by atoms with Crippen molar-refractivity contribution in [2.45, 2.75) is 13.3 Å². The molecule has 0 saturated carbocycles. The first-order chi connectivity index (χ1) is 11.5. The van der Waals surface area contributed by atoms with Crippen LogP contribution in [0, 0.1) is 0 Å². The Labute approximate surface area is 139 Å². The Morgan fingerprint density at radius 1 is 1.17 bits per heavy atom. The second kappa shape index (κ2) is 7.12. The number of ketones is 2. The maximum atomic E-state index is 12.9. The summed E-state index contributed by atoms with van der Waals surface area (Å²) < 4.78 is 15.3. The topological polar surface area (TPSA) is 78.9 Å². The number of rotatable bonds is 6. The molecule has 1 aromatic rings. The molecule has 0 unspecified atom stereocenters. The van der Waals surface area contributed by atoms with Gasteiger partial charge in [0.15, 0.2) is 5.78 Å². The van der Waals surface area contributed by atoms with E-state index < -0.39 is 17.5 Å². The average Bonchev–Trinajstić information content (AvgIpc) is 2.58. The van der Waals surface area contributed by atoms with Crippen molar-refractivity contribution in [3.05, 3.63) is 47.1 Å². The third kappa shape index (κ3) is 2.82. The van der Waals surface area contributed by atoms with Gasteiger partial charge in [-0.2, -0.15) is 0 Å². The fourth-order valence-corrected chi connectivity index (χ4v) is 2.58. The van der Waals surface area contributed by atoms with Gasteiger partial charge >= 0.3 is 5.97 Å². The first-order valence-corrected chi connectivity index (χ1v) is 7.36. The van der Waals surface area contributed by atoms with Crippen molar-refractivity contribution >= 4 is 17.5 Å². The Morgan fingerprint density at radius 2 is 1.88 bits per heavy atom. The van der Waals surface area contributed by atoms with Crippen LogP contribution >= 0.6 is 0 Å². The highest BCUT2D eigenvalue weighted by molar-refractivity contribution is 6.36. The molecule has 0 spiro atoms. The summed E-state index contributed by atoms with van der Waals surface area (Å²) in [6.45, 7) is 5.30. The Balaban J connectivity index is 2.74. The molecule has 126 valence electrons. The molecule has 0 bridgehead atoms. The standard InChI is InChI=1S/C18H18O6/c1-5-7-11-15(18(21)24-6-2)17(20)12-8-10(22-3)9-13(23-4)14(12)16(11)19/h5,8-9H,1,6-7H2,2-4H3. The van der Waals surface area contributed by atoms with Crippen LogP contribution in [-0.2, 0) is 9.53 Å². The Morgan fingerprint density at radius 3 is 2.42 bits per heavy atom. The Hall–Kier alpha value is -2.89. The van der Waals surface area contributed by atoms with Gasteiger partial charge in [0.25, 0.3) is 0 Å². The molecule has 6 heteroatoms. The van der Waals surface area contributed by atoms with Crippen LogP contribution in [-0.4, -0.2) is 38.4 Å². The molecule has 1 aromatic carbocycles. The predicted octanol–water partition coefficient (Wildman–Crippen LogP) is 2.52. The lowest BCUT2D eigenvalue weighted by molar-refractivity contribution is -0.138. The van der Waals surface area contributed by atoms with Gasteiger partial charge in [-0.05, 0) is 19.4 Å². The van der Waals surface area contributed by atoms with Gasteiger partial charge < -0.3 is 14.2 Å². The van der Waals surface area contributed by atoms with Gasteiger partial charge in [0.05, 0.1) is 26.4 Å². The van der Waals surface area contributed by atoms with E-state index in [1.807, 2.05) is 0 Å². The van der Waals surface area contributed by atoms with Gasteiger partial charge in [-0.25, -0.2) is 4.79 Å². The summed E-state index contributed by atoms with van der Waals surface area (Å²) in [5.41, 5.74) is -0.0192. The van der Waals surface area contributed by atoms with E-state index in [0.29, 0.717) is 5.75 Å². The smallest absolute Gasteiger partial charge is 0.342 e. The van der Waals surface area contributed by atoms with E-state index in [1.165, 1.54) is 32.4 Å². The molecule has 0 radical (unpaired) electrons. The predicted molar refractivity (Wildman–Crippen MR) is 86.7 cm³/mol. The highest BCUT2D eigenvalue weighted by Gasteiger charge is 2.38. The lowest BCUT2D eigenvalue weighted by Gasteiger charge is -2.22. The number of hydrogen-bond acceptors (Lipinski definition) is 6. The van der Waals surface area contributed by atoms with Crippen molar-refractivity contribution in [2.75, 3.05) is 20.8 Å². The molecular formula is C18H18O6. The lowest BCUT2D eigenvalue weighted by Crippen LogP contribution is -2.28. The molecule has 0 N–H and O–H groups in total. The Bertz CT molecular complexity index is 757. The molecule has 0 amide bonds. The number of fused-ring (bicyclic) bond motifs is 1. The maximum absolute atomic E-state index is 12.9. The molecule has 0 saturated heterocycles. The molecule has 0 heterocycles. The SMILES string of the molecule is C=CCC1=C(C(=O)OCC)C(=O)c2cc(OC)cc(OC)c2C1=O. The van der Waals surface area contributed by atoms with Gasteiger partial charge in [0, 0.05) is 17.2 Å². The first-order valence-electron chi connectivity index (χ1n) is 7.36. The number of esters is 1. The monoisotopic (exact) mass is 330 g/mol. The molecule has 0 aliphatic heterocycles. The summed E-state index contributed by atoms with van der Waals surface area (Å²) in [6, 6.07) is 2.94. The third-order valence-corrected chi connectivity index (χ3v) is 3.63. The number of methoxy groups -OCH3 is 2. The van der Waals surface area contributed by atoms with E-state index in [2.05, 4.69) is 6.58 Å². The summed E-state index contributed by atoms with van der Waals surface area (Å²) in [5, 5.41) is 0. The maximum Gasteiger partial charge on any atom is 0.342 e. The van der Waals surface area contributed by atoms with Crippen molar-refractivity contribution in [2.24, 2.45) is 0 Å². The number of carbonyl (C=O) groups is 3. The third-order valence-electron chi connectivity index (χ3n) is 3.63. The molecule has 1 aliphatic rings. The summed E-state index contributed by atoms with van der Waals surface area (Å²) in [6.07, 6.45) is 1.54. The molecule has 24 heavy (non-hydrogen) atoms. The zero-order valence-electron chi connectivity index (χ0n) is 13.8. The van der Waals surface area contributed by atoms with Crippen molar-refractivity contribution < 1.29 is 28.6 Å². The van der Waals surface area contributed by atoms with Gasteiger partial charge in [-0.3, -0.25) is 9.59 Å². The summed E-state index contributed by atoms with van der Waals surface area (Å²) in [4.78, 5) is 37.9. The summed E-state index contributed by atoms with van der Waals surface area (Å²) >= 11 is 0. The van der Waals surface area contributed by atoms with Crippen LogP contribution in [0.5, 0.6) is 11.5 Å². The number of carbonyl (C=O) groups excluding carboxylic acids is 3. The summed E-state index contributed by atoms with van der Waals surface area (Å²) in [7, 11) is 2.83. The minimum absolute atomic E-state index is 0.0596. The van der Waals surface area contributed by atoms with Gasteiger partial charge in [0.1, 0.15) is 17.1 Å². The van der Waals surface area contributed by atoms with Crippen molar-refractivity contribution in [1.29, 1.82) is 0 Å². The van der Waals surface area contributed by atoms with E-state index in [0.717, 1.165) is 0 Å². The number of Topliss-reactive ketones (excluding diaryl/α,β-unsaturated/α-hetero) is 2. The van der Waals surface area contributed by atoms with Crippen LogP contribution in [0.3, 0.4) is 0 Å². The van der Waals surface area contributed by atoms with Crippen molar-refractivity contribution in [3.63, 3.8) is 0 Å². The molecule has 2 rings (SSSR count). The largest absolute Gasteiger partial charge is 0.497 e. The molecule has 6 nitrogen and oxygen atoms in total. The van der Waals surface area contributed by atoms with E-state index in [4.69, 9.17) is 14.2 Å². The fraction of sp³-hybridized carbons (Fsp3) is 0.278. The zero-order chi connectivity index (χ0) is 17.9. The van der Waals surface area contributed by atoms with Crippen LogP contribution in [0.4, 0.5) is 0 Å². The van der Waals surface area contributed by atoms with E-state index >= 15 is 0 Å². The van der Waals surface area contributed by atoms with Crippen molar-refractivity contribution in [1.82, 2.24) is 0 Å². The lowest BCUT2D eigenvalue weighted by atomic mass is 9.82. The molecule has 1 aliphatic carbocycles. The highest BCUT2D eigenvalue weighted by Crippen LogP contribution is 2.37. The van der Waals surface area contributed by atoms with E-state index in [1.54, 1.807) is 6.92 Å². The van der Waals surface area contributed by atoms with Gasteiger partial charge in [-0.15, -0.1) is 6.58 Å². The second-order valence-electron chi connectivity index (χ2n) is 4.98. The number of hydrogen-bond donors (Lipinski definition) is 0. The van der Waals surface area contributed by atoms with Crippen LogP contribution in [0.1, 0.15) is 34.1 Å². The number of allylic oxidation sites excluding steroid dienone is 2. The van der Waals surface area contributed by atoms with Crippen LogP contribution in [0.25, 0.3) is 0 Å². The van der Waals surface area contributed by atoms with E-state index in [-0.39, 0.29) is 41.1 Å². The van der Waals surface area contributed by atoms with Crippen molar-refractivity contribution in [3.8, 4) is 11.5 Å².